The average Bonchev–Trinajstić information content (AvgIpc) is 2.95. The second-order valence-corrected chi connectivity index (χ2v) is 5.48. The number of imidazole rings is 1. The third kappa shape index (κ3) is 2.26. The summed E-state index contributed by atoms with van der Waals surface area (Å²) in [5.41, 5.74) is 6.81. The predicted octanol–water partition coefficient (Wildman–Crippen LogP) is 1.33. The van der Waals surface area contributed by atoms with Gasteiger partial charge in [-0.3, -0.25) is 0 Å². The van der Waals surface area contributed by atoms with Crippen LogP contribution in [-0.4, -0.2) is 32.8 Å². The van der Waals surface area contributed by atoms with Crippen LogP contribution < -0.4 is 5.73 Å². The fourth-order valence-corrected chi connectivity index (χ4v) is 3.17. The number of nitrogens with zero attached hydrogens (tertiary/aromatic N) is 2. The molecule has 4 nitrogen and oxygen atoms in total. The minimum absolute atomic E-state index is 0.0234. The van der Waals surface area contributed by atoms with Crippen molar-refractivity contribution in [2.24, 2.45) is 5.73 Å². The van der Waals surface area contributed by atoms with Crippen molar-refractivity contribution in [1.82, 2.24) is 9.55 Å². The maximum absolute atomic E-state index is 9.10. The Kier molecular flexibility index (Phi) is 3.89. The average molecular weight is 241 g/mol. The van der Waals surface area contributed by atoms with Gasteiger partial charge in [-0.05, 0) is 25.5 Å². The molecule has 3 unspecified atom stereocenters. The normalized spacial score (nSPS) is 27.2. The van der Waals surface area contributed by atoms with Crippen molar-refractivity contribution in [2.45, 2.75) is 36.6 Å². The van der Waals surface area contributed by atoms with Crippen LogP contribution in [0.2, 0.25) is 0 Å². The van der Waals surface area contributed by atoms with Crippen LogP contribution in [0.4, 0.5) is 0 Å². The largest absolute Gasteiger partial charge is 0.394 e. The molecule has 1 aliphatic rings. The van der Waals surface area contributed by atoms with Crippen LogP contribution in [0.3, 0.4) is 0 Å². The Morgan fingerprint density at radius 2 is 2.50 bits per heavy atom. The number of aromatic nitrogens is 2. The van der Waals surface area contributed by atoms with E-state index in [1.165, 1.54) is 19.3 Å². The molecule has 90 valence electrons. The quantitative estimate of drug-likeness (QED) is 0.835. The van der Waals surface area contributed by atoms with Gasteiger partial charge >= 0.3 is 0 Å². The van der Waals surface area contributed by atoms with Crippen LogP contribution in [-0.2, 0) is 0 Å². The zero-order valence-electron chi connectivity index (χ0n) is 9.54. The summed E-state index contributed by atoms with van der Waals surface area (Å²) in [7, 11) is 0. The first kappa shape index (κ1) is 12.0. The Hall–Kier alpha value is -0.520. The number of hydrogen-bond donors (Lipinski definition) is 2. The Morgan fingerprint density at radius 3 is 3.12 bits per heavy atom. The van der Waals surface area contributed by atoms with Gasteiger partial charge in [0.05, 0.1) is 24.7 Å². The lowest BCUT2D eigenvalue weighted by Gasteiger charge is -2.18. The lowest BCUT2D eigenvalue weighted by atomic mass is 10.2. The molecule has 1 aromatic rings. The molecule has 3 N–H and O–H groups in total. The highest BCUT2D eigenvalue weighted by Crippen LogP contribution is 2.37. The Morgan fingerprint density at radius 1 is 1.69 bits per heavy atom. The molecular weight excluding hydrogens is 222 g/mol. The second-order valence-electron chi connectivity index (χ2n) is 4.34. The fraction of sp³-hybridized carbons (Fsp3) is 0.727. The van der Waals surface area contributed by atoms with Crippen molar-refractivity contribution in [3.8, 4) is 0 Å². The van der Waals surface area contributed by atoms with E-state index in [-0.39, 0.29) is 12.6 Å². The summed E-state index contributed by atoms with van der Waals surface area (Å²) >= 11 is 1.94. The van der Waals surface area contributed by atoms with Crippen molar-refractivity contribution in [1.29, 1.82) is 0 Å². The number of nitrogens with two attached hydrogens (primary N) is 1. The monoisotopic (exact) mass is 241 g/mol. The van der Waals surface area contributed by atoms with Gasteiger partial charge in [0.25, 0.3) is 0 Å². The first-order chi connectivity index (χ1) is 7.76. The molecular formula is C11H19N3OS. The van der Waals surface area contributed by atoms with Crippen molar-refractivity contribution in [3.63, 3.8) is 0 Å². The van der Waals surface area contributed by atoms with Gasteiger partial charge in [-0.2, -0.15) is 11.8 Å². The van der Waals surface area contributed by atoms with E-state index in [9.17, 15) is 0 Å². The second kappa shape index (κ2) is 5.21. The van der Waals surface area contributed by atoms with E-state index < -0.39 is 0 Å². The first-order valence-electron chi connectivity index (χ1n) is 5.67. The summed E-state index contributed by atoms with van der Waals surface area (Å²) in [5, 5.41) is 9.86. The van der Waals surface area contributed by atoms with Crippen LogP contribution in [0.25, 0.3) is 0 Å². The maximum atomic E-state index is 9.10. The van der Waals surface area contributed by atoms with Gasteiger partial charge in [0.15, 0.2) is 0 Å². The lowest BCUT2D eigenvalue weighted by Crippen LogP contribution is -2.20. The molecule has 0 amide bonds. The third-order valence-electron chi connectivity index (χ3n) is 3.36. The van der Waals surface area contributed by atoms with Crippen molar-refractivity contribution in [3.05, 3.63) is 18.2 Å². The SMILES string of the molecule is CSC1CCC(n2cncc2C(N)CO)C1. The number of rotatable bonds is 4. The molecule has 0 bridgehead atoms. The molecule has 5 heteroatoms. The van der Waals surface area contributed by atoms with E-state index >= 15 is 0 Å². The van der Waals surface area contributed by atoms with E-state index in [4.69, 9.17) is 10.8 Å². The minimum Gasteiger partial charge on any atom is -0.394 e. The van der Waals surface area contributed by atoms with Crippen molar-refractivity contribution >= 4 is 11.8 Å². The molecule has 0 aromatic carbocycles. The topological polar surface area (TPSA) is 64.1 Å². The number of aliphatic hydroxyl groups is 1. The molecule has 2 rings (SSSR count). The Balaban J connectivity index is 2.12. The fourth-order valence-electron chi connectivity index (χ4n) is 2.38. The van der Waals surface area contributed by atoms with Gasteiger partial charge in [0.2, 0.25) is 0 Å². The zero-order chi connectivity index (χ0) is 11.5. The van der Waals surface area contributed by atoms with Gasteiger partial charge in [-0.25, -0.2) is 4.98 Å². The summed E-state index contributed by atoms with van der Waals surface area (Å²) in [5.74, 6) is 0. The lowest BCUT2D eigenvalue weighted by molar-refractivity contribution is 0.261. The summed E-state index contributed by atoms with van der Waals surface area (Å²) in [6.07, 6.45) is 9.42. The summed E-state index contributed by atoms with van der Waals surface area (Å²) in [6, 6.07) is 0.198. The minimum atomic E-state index is -0.309. The zero-order valence-corrected chi connectivity index (χ0v) is 10.4. The molecule has 0 spiro atoms. The Bertz CT molecular complexity index is 342. The summed E-state index contributed by atoms with van der Waals surface area (Å²) < 4.78 is 2.15. The van der Waals surface area contributed by atoms with Gasteiger partial charge in [-0.1, -0.05) is 0 Å². The van der Waals surface area contributed by atoms with Crippen LogP contribution in [0.1, 0.15) is 37.0 Å². The summed E-state index contributed by atoms with van der Waals surface area (Å²) in [4.78, 5) is 4.15. The van der Waals surface area contributed by atoms with E-state index in [2.05, 4.69) is 15.8 Å². The van der Waals surface area contributed by atoms with E-state index in [1.54, 1.807) is 6.20 Å². The van der Waals surface area contributed by atoms with E-state index in [1.807, 2.05) is 18.1 Å². The number of hydrogen-bond acceptors (Lipinski definition) is 4. The smallest absolute Gasteiger partial charge is 0.0951 e. The number of thioether (sulfide) groups is 1. The van der Waals surface area contributed by atoms with E-state index in [0.717, 1.165) is 10.9 Å². The summed E-state index contributed by atoms with van der Waals surface area (Å²) in [6.45, 7) is -0.0234. The predicted molar refractivity (Wildman–Crippen MR) is 66.4 cm³/mol. The molecule has 1 fully saturated rings. The molecule has 0 saturated heterocycles. The van der Waals surface area contributed by atoms with Crippen molar-refractivity contribution < 1.29 is 5.11 Å². The highest BCUT2D eigenvalue weighted by atomic mass is 32.2. The molecule has 1 saturated carbocycles. The molecule has 1 heterocycles. The van der Waals surface area contributed by atoms with Gasteiger partial charge < -0.3 is 15.4 Å². The molecule has 0 radical (unpaired) electrons. The third-order valence-corrected chi connectivity index (χ3v) is 4.45. The van der Waals surface area contributed by atoms with Crippen LogP contribution in [0, 0.1) is 0 Å². The van der Waals surface area contributed by atoms with E-state index in [0.29, 0.717) is 6.04 Å². The molecule has 0 aliphatic heterocycles. The van der Waals surface area contributed by atoms with Gasteiger partial charge in [0.1, 0.15) is 0 Å². The highest BCUT2D eigenvalue weighted by Gasteiger charge is 2.27. The number of aliphatic hydroxyl groups excluding tert-OH is 1. The van der Waals surface area contributed by atoms with Crippen LogP contribution in [0.5, 0.6) is 0 Å². The van der Waals surface area contributed by atoms with Gasteiger partial charge in [-0.15, -0.1) is 0 Å². The molecule has 1 aliphatic carbocycles. The first-order valence-corrected chi connectivity index (χ1v) is 6.96. The Labute approximate surface area is 100 Å². The van der Waals surface area contributed by atoms with Crippen LogP contribution in [0.15, 0.2) is 12.5 Å². The molecule has 1 aromatic heterocycles. The highest BCUT2D eigenvalue weighted by molar-refractivity contribution is 7.99. The molecule has 16 heavy (non-hydrogen) atoms. The maximum Gasteiger partial charge on any atom is 0.0951 e. The standard InChI is InChI=1S/C11H19N3OS/c1-16-9-3-2-8(4-9)14-7-13-5-11(14)10(12)6-15/h5,7-10,15H,2-4,6,12H2,1H3. The van der Waals surface area contributed by atoms with Crippen molar-refractivity contribution in [2.75, 3.05) is 12.9 Å². The van der Waals surface area contributed by atoms with Gasteiger partial charge in [0, 0.05) is 17.5 Å². The van der Waals surface area contributed by atoms with Crippen LogP contribution >= 0.6 is 11.8 Å². The molecule has 3 atom stereocenters.